The van der Waals surface area contributed by atoms with Gasteiger partial charge in [-0.15, -0.1) is 0 Å². The second-order valence-corrected chi connectivity index (χ2v) is 5.34. The molecule has 0 spiro atoms. The Morgan fingerprint density at radius 2 is 1.44 bits per heavy atom. The van der Waals surface area contributed by atoms with Gasteiger partial charge >= 0.3 is 0 Å². The van der Waals surface area contributed by atoms with Gasteiger partial charge in [-0.1, -0.05) is 43.7 Å². The van der Waals surface area contributed by atoms with Gasteiger partial charge < -0.3 is 0 Å². The monoisotopic (exact) mass is 236 g/mol. The maximum absolute atomic E-state index is 12.4. The summed E-state index contributed by atoms with van der Waals surface area (Å²) in [7, 11) is 0. The summed E-state index contributed by atoms with van der Waals surface area (Å²) in [6, 6.07) is 12.4. The highest BCUT2D eigenvalue weighted by Crippen LogP contribution is 2.38. The third-order valence-electron chi connectivity index (χ3n) is 3.66. The third kappa shape index (κ3) is 1.51. The summed E-state index contributed by atoms with van der Waals surface area (Å²) in [5.41, 5.74) is 6.24. The molecule has 0 heterocycles. The fourth-order valence-electron chi connectivity index (χ4n) is 2.57. The molecule has 0 unspecified atom stereocenters. The zero-order chi connectivity index (χ0) is 12.9. The average Bonchev–Trinajstić information content (AvgIpc) is 2.62. The van der Waals surface area contributed by atoms with Gasteiger partial charge in [0, 0.05) is 11.1 Å². The molecule has 3 rings (SSSR count). The number of aryl methyl sites for hydroxylation is 1. The number of benzene rings is 2. The number of carbonyl (C=O) groups excluding carboxylic acids is 1. The molecule has 1 heteroatoms. The van der Waals surface area contributed by atoms with E-state index < -0.39 is 0 Å². The van der Waals surface area contributed by atoms with E-state index >= 15 is 0 Å². The second kappa shape index (κ2) is 3.81. The molecule has 0 N–H and O–H groups in total. The van der Waals surface area contributed by atoms with Crippen molar-refractivity contribution in [2.45, 2.75) is 26.7 Å². The number of hydrogen-bond acceptors (Lipinski definition) is 1. The maximum atomic E-state index is 12.4. The summed E-state index contributed by atoms with van der Waals surface area (Å²) in [4.78, 5) is 12.4. The number of rotatable bonds is 1. The minimum absolute atomic E-state index is 0.172. The van der Waals surface area contributed by atoms with Gasteiger partial charge in [0.1, 0.15) is 0 Å². The number of carbonyl (C=O) groups is 1. The number of ketones is 1. The smallest absolute Gasteiger partial charge is 0.194 e. The first-order chi connectivity index (χ1) is 8.58. The first-order valence-electron chi connectivity index (χ1n) is 6.37. The quantitative estimate of drug-likeness (QED) is 0.614. The Kier molecular flexibility index (Phi) is 2.37. The van der Waals surface area contributed by atoms with Crippen LogP contribution < -0.4 is 0 Å². The molecule has 0 fully saturated rings. The van der Waals surface area contributed by atoms with Gasteiger partial charge in [-0.2, -0.15) is 0 Å². The van der Waals surface area contributed by atoms with Crippen LogP contribution in [0, 0.1) is 6.92 Å². The highest BCUT2D eigenvalue weighted by atomic mass is 16.1. The Morgan fingerprint density at radius 3 is 2.11 bits per heavy atom. The van der Waals surface area contributed by atoms with Crippen LogP contribution in [0.15, 0.2) is 36.4 Å². The molecular formula is C17H16O. The molecule has 1 nitrogen and oxygen atoms in total. The summed E-state index contributed by atoms with van der Waals surface area (Å²) in [5.74, 6) is 0.625. The molecule has 0 amide bonds. The molecule has 0 atom stereocenters. The summed E-state index contributed by atoms with van der Waals surface area (Å²) < 4.78 is 0. The molecule has 0 radical (unpaired) electrons. The van der Waals surface area contributed by atoms with E-state index in [1.807, 2.05) is 13.0 Å². The molecule has 0 saturated heterocycles. The predicted molar refractivity (Wildman–Crippen MR) is 74.1 cm³/mol. The Hall–Kier alpha value is -1.89. The van der Waals surface area contributed by atoms with Gasteiger partial charge in [-0.25, -0.2) is 0 Å². The lowest BCUT2D eigenvalue weighted by Crippen LogP contribution is -1.97. The molecule has 1 aliphatic carbocycles. The van der Waals surface area contributed by atoms with E-state index in [-0.39, 0.29) is 5.78 Å². The van der Waals surface area contributed by atoms with E-state index in [0.717, 1.165) is 27.8 Å². The van der Waals surface area contributed by atoms with Crippen molar-refractivity contribution in [3.63, 3.8) is 0 Å². The van der Waals surface area contributed by atoms with E-state index in [2.05, 4.69) is 44.2 Å². The molecule has 2 aromatic carbocycles. The lowest BCUT2D eigenvalue weighted by molar-refractivity contribution is 0.104. The molecular weight excluding hydrogens is 220 g/mol. The van der Waals surface area contributed by atoms with Crippen molar-refractivity contribution in [3.8, 4) is 11.1 Å². The van der Waals surface area contributed by atoms with Gasteiger partial charge in [0.25, 0.3) is 0 Å². The van der Waals surface area contributed by atoms with Crippen LogP contribution in [0.3, 0.4) is 0 Å². The first kappa shape index (κ1) is 11.2. The van der Waals surface area contributed by atoms with E-state index in [9.17, 15) is 4.79 Å². The molecule has 0 aromatic heterocycles. The Balaban J connectivity index is 2.23. The van der Waals surface area contributed by atoms with Gasteiger partial charge in [-0.3, -0.25) is 4.79 Å². The van der Waals surface area contributed by atoms with Gasteiger partial charge in [0.2, 0.25) is 0 Å². The van der Waals surface area contributed by atoms with Crippen molar-refractivity contribution in [2.24, 2.45) is 0 Å². The normalized spacial score (nSPS) is 12.8. The lowest BCUT2D eigenvalue weighted by Gasteiger charge is -2.07. The molecule has 0 bridgehead atoms. The van der Waals surface area contributed by atoms with Crippen LogP contribution >= 0.6 is 0 Å². The zero-order valence-electron chi connectivity index (χ0n) is 10.9. The Morgan fingerprint density at radius 1 is 0.833 bits per heavy atom. The minimum atomic E-state index is 0.172. The maximum Gasteiger partial charge on any atom is 0.194 e. The van der Waals surface area contributed by atoms with Crippen LogP contribution in [0.2, 0.25) is 0 Å². The van der Waals surface area contributed by atoms with Crippen molar-refractivity contribution in [1.29, 1.82) is 0 Å². The predicted octanol–water partition coefficient (Wildman–Crippen LogP) is 4.33. The molecule has 1 aliphatic rings. The van der Waals surface area contributed by atoms with E-state index in [0.29, 0.717) is 5.92 Å². The van der Waals surface area contributed by atoms with Crippen molar-refractivity contribution < 1.29 is 4.79 Å². The van der Waals surface area contributed by atoms with Crippen molar-refractivity contribution in [2.75, 3.05) is 0 Å². The van der Waals surface area contributed by atoms with Crippen LogP contribution in [-0.4, -0.2) is 5.78 Å². The van der Waals surface area contributed by atoms with Crippen LogP contribution in [0.25, 0.3) is 11.1 Å². The standard InChI is InChI=1S/C17H16O/c1-10(2)12-5-7-14-13-6-4-11(3)8-15(13)17(18)16(14)9-12/h4-10H,1-3H3. The fourth-order valence-corrected chi connectivity index (χ4v) is 2.57. The van der Waals surface area contributed by atoms with Crippen LogP contribution in [0.5, 0.6) is 0 Å². The molecule has 90 valence electrons. The van der Waals surface area contributed by atoms with Gasteiger partial charge in [0.15, 0.2) is 5.78 Å². The molecule has 18 heavy (non-hydrogen) atoms. The zero-order valence-corrected chi connectivity index (χ0v) is 10.9. The van der Waals surface area contributed by atoms with Gasteiger partial charge in [0.05, 0.1) is 0 Å². The second-order valence-electron chi connectivity index (χ2n) is 5.34. The molecule has 0 aliphatic heterocycles. The van der Waals surface area contributed by atoms with Gasteiger partial charge in [-0.05, 0) is 41.7 Å². The fraction of sp³-hybridized carbons (Fsp3) is 0.235. The summed E-state index contributed by atoms with van der Waals surface area (Å²) in [6.07, 6.45) is 0. The van der Waals surface area contributed by atoms with Crippen molar-refractivity contribution in [3.05, 3.63) is 58.7 Å². The number of hydrogen-bond donors (Lipinski definition) is 0. The minimum Gasteiger partial charge on any atom is -0.289 e. The summed E-state index contributed by atoms with van der Waals surface area (Å²) in [5, 5.41) is 0. The van der Waals surface area contributed by atoms with E-state index in [1.54, 1.807) is 0 Å². The summed E-state index contributed by atoms with van der Waals surface area (Å²) >= 11 is 0. The van der Waals surface area contributed by atoms with Crippen LogP contribution in [0.4, 0.5) is 0 Å². The van der Waals surface area contributed by atoms with Crippen molar-refractivity contribution in [1.82, 2.24) is 0 Å². The topological polar surface area (TPSA) is 17.1 Å². The SMILES string of the molecule is Cc1ccc2c(c1)C(=O)c1cc(C(C)C)ccc1-2. The molecule has 2 aromatic rings. The highest BCUT2D eigenvalue weighted by molar-refractivity contribution is 6.21. The number of fused-ring (bicyclic) bond motifs is 3. The summed E-state index contributed by atoms with van der Waals surface area (Å²) in [6.45, 7) is 6.33. The average molecular weight is 236 g/mol. The Bertz CT molecular complexity index is 651. The highest BCUT2D eigenvalue weighted by Gasteiger charge is 2.26. The first-order valence-corrected chi connectivity index (χ1v) is 6.37. The van der Waals surface area contributed by atoms with E-state index in [4.69, 9.17) is 0 Å². The largest absolute Gasteiger partial charge is 0.289 e. The third-order valence-corrected chi connectivity index (χ3v) is 3.66. The lowest BCUT2D eigenvalue weighted by atomic mass is 9.97. The molecule has 0 saturated carbocycles. The Labute approximate surface area is 107 Å². The van der Waals surface area contributed by atoms with E-state index in [1.165, 1.54) is 5.56 Å². The van der Waals surface area contributed by atoms with Crippen LogP contribution in [-0.2, 0) is 0 Å². The van der Waals surface area contributed by atoms with Crippen LogP contribution in [0.1, 0.15) is 46.8 Å². The van der Waals surface area contributed by atoms with Crippen molar-refractivity contribution >= 4 is 5.78 Å².